The minimum Gasteiger partial charge on any atom is -0.325 e. The van der Waals surface area contributed by atoms with E-state index in [1.165, 1.54) is 5.56 Å². The van der Waals surface area contributed by atoms with Crippen LogP contribution in [0.4, 0.5) is 5.69 Å². The van der Waals surface area contributed by atoms with Gasteiger partial charge < -0.3 is 11.1 Å². The number of nitrogens with two attached hydrogens (primary N) is 1. The molecule has 0 saturated heterocycles. The van der Waals surface area contributed by atoms with E-state index in [4.69, 9.17) is 5.73 Å². The third-order valence-corrected chi connectivity index (χ3v) is 3.63. The maximum Gasteiger partial charge on any atom is 0.241 e. The van der Waals surface area contributed by atoms with Crippen molar-refractivity contribution in [1.29, 1.82) is 0 Å². The molecule has 0 aromatic heterocycles. The van der Waals surface area contributed by atoms with Gasteiger partial charge in [0.05, 0.1) is 6.04 Å². The number of benzene rings is 1. The number of amides is 1. The molecule has 0 spiro atoms. The number of carbonyl (C=O) groups is 1. The Hall–Kier alpha value is -1.00. The lowest BCUT2D eigenvalue weighted by atomic mass is 9.87. The first-order chi connectivity index (χ1) is 8.84. The smallest absolute Gasteiger partial charge is 0.241 e. The first kappa shape index (κ1) is 16.1. The van der Waals surface area contributed by atoms with Crippen LogP contribution < -0.4 is 11.1 Å². The highest BCUT2D eigenvalue weighted by Gasteiger charge is 2.15. The fourth-order valence-electron chi connectivity index (χ4n) is 1.66. The van der Waals surface area contributed by atoms with Crippen LogP contribution in [0.2, 0.25) is 0 Å². The summed E-state index contributed by atoms with van der Waals surface area (Å²) in [6.07, 6.45) is 2.71. The molecule has 1 aromatic rings. The molecule has 0 aliphatic rings. The van der Waals surface area contributed by atoms with Crippen LogP contribution in [0.3, 0.4) is 0 Å². The number of hydrogen-bond acceptors (Lipinski definition) is 3. The van der Waals surface area contributed by atoms with E-state index < -0.39 is 6.04 Å². The topological polar surface area (TPSA) is 55.1 Å². The highest BCUT2D eigenvalue weighted by molar-refractivity contribution is 7.98. The van der Waals surface area contributed by atoms with E-state index in [9.17, 15) is 4.79 Å². The number of thioether (sulfide) groups is 1. The fraction of sp³-hybridized carbons (Fsp3) is 0.533. The zero-order valence-electron chi connectivity index (χ0n) is 12.2. The average Bonchev–Trinajstić information content (AvgIpc) is 2.35. The zero-order chi connectivity index (χ0) is 14.5. The van der Waals surface area contributed by atoms with E-state index in [0.717, 1.165) is 11.4 Å². The Morgan fingerprint density at radius 3 is 2.37 bits per heavy atom. The molecule has 0 radical (unpaired) electrons. The molecule has 19 heavy (non-hydrogen) atoms. The highest BCUT2D eigenvalue weighted by atomic mass is 32.2. The molecule has 1 unspecified atom stereocenters. The average molecular weight is 280 g/mol. The lowest BCUT2D eigenvalue weighted by molar-refractivity contribution is -0.117. The molecule has 0 saturated carbocycles. The van der Waals surface area contributed by atoms with Gasteiger partial charge in [0.15, 0.2) is 0 Å². The van der Waals surface area contributed by atoms with Crippen molar-refractivity contribution in [2.24, 2.45) is 5.73 Å². The summed E-state index contributed by atoms with van der Waals surface area (Å²) in [7, 11) is 0. The van der Waals surface area contributed by atoms with Crippen LogP contribution in [-0.2, 0) is 10.2 Å². The molecule has 0 aliphatic heterocycles. The number of rotatable bonds is 5. The monoisotopic (exact) mass is 280 g/mol. The summed E-state index contributed by atoms with van der Waals surface area (Å²) in [5.74, 6) is 0.787. The van der Waals surface area contributed by atoms with E-state index in [-0.39, 0.29) is 11.3 Å². The van der Waals surface area contributed by atoms with Gasteiger partial charge in [-0.2, -0.15) is 11.8 Å². The van der Waals surface area contributed by atoms with E-state index in [2.05, 4.69) is 26.1 Å². The lowest BCUT2D eigenvalue weighted by Crippen LogP contribution is -2.36. The maximum absolute atomic E-state index is 11.9. The van der Waals surface area contributed by atoms with Gasteiger partial charge in [0, 0.05) is 5.69 Å². The normalized spacial score (nSPS) is 13.1. The van der Waals surface area contributed by atoms with Gasteiger partial charge in [-0.15, -0.1) is 0 Å². The quantitative estimate of drug-likeness (QED) is 0.871. The van der Waals surface area contributed by atoms with Crippen LogP contribution >= 0.6 is 11.8 Å². The molecule has 0 bridgehead atoms. The molecule has 1 aromatic carbocycles. The Kier molecular flexibility index (Phi) is 5.88. The molecule has 1 amide bonds. The van der Waals surface area contributed by atoms with Crippen molar-refractivity contribution in [3.8, 4) is 0 Å². The summed E-state index contributed by atoms with van der Waals surface area (Å²) in [5.41, 5.74) is 8.00. The summed E-state index contributed by atoms with van der Waals surface area (Å²) in [5, 5.41) is 2.86. The van der Waals surface area contributed by atoms with Gasteiger partial charge in [-0.25, -0.2) is 0 Å². The molecule has 0 fully saturated rings. The van der Waals surface area contributed by atoms with Crippen LogP contribution in [0.5, 0.6) is 0 Å². The van der Waals surface area contributed by atoms with Crippen molar-refractivity contribution >= 4 is 23.4 Å². The highest BCUT2D eigenvalue weighted by Crippen LogP contribution is 2.23. The number of hydrogen-bond donors (Lipinski definition) is 2. The van der Waals surface area contributed by atoms with Crippen molar-refractivity contribution < 1.29 is 4.79 Å². The van der Waals surface area contributed by atoms with Crippen molar-refractivity contribution in [2.75, 3.05) is 17.3 Å². The van der Waals surface area contributed by atoms with Crippen LogP contribution in [0.1, 0.15) is 32.8 Å². The standard InChI is InChI=1S/C15H24N2OS/c1-15(2,3)11-5-7-12(8-6-11)17-14(18)13(16)9-10-19-4/h5-8,13H,9-10,16H2,1-4H3,(H,17,18). The molecule has 1 rings (SSSR count). The second-order valence-corrected chi connectivity index (χ2v) is 6.69. The van der Waals surface area contributed by atoms with Gasteiger partial charge in [-0.05, 0) is 41.5 Å². The summed E-state index contributed by atoms with van der Waals surface area (Å²) in [6, 6.07) is 7.51. The Morgan fingerprint density at radius 1 is 1.32 bits per heavy atom. The zero-order valence-corrected chi connectivity index (χ0v) is 13.0. The van der Waals surface area contributed by atoms with Gasteiger partial charge in [0.1, 0.15) is 0 Å². The Labute approximate surface area is 120 Å². The third-order valence-electron chi connectivity index (χ3n) is 2.99. The number of nitrogens with one attached hydrogen (secondary N) is 1. The SMILES string of the molecule is CSCCC(N)C(=O)Nc1ccc(C(C)(C)C)cc1. The number of anilines is 1. The predicted molar refractivity (Wildman–Crippen MR) is 84.7 cm³/mol. The lowest BCUT2D eigenvalue weighted by Gasteiger charge is -2.19. The Bertz CT molecular complexity index is 409. The first-order valence-electron chi connectivity index (χ1n) is 6.50. The van der Waals surface area contributed by atoms with Crippen LogP contribution in [-0.4, -0.2) is 24.0 Å². The van der Waals surface area contributed by atoms with Crippen molar-refractivity contribution in [2.45, 2.75) is 38.6 Å². The van der Waals surface area contributed by atoms with E-state index >= 15 is 0 Å². The van der Waals surface area contributed by atoms with Gasteiger partial charge >= 0.3 is 0 Å². The van der Waals surface area contributed by atoms with Gasteiger partial charge in [0.2, 0.25) is 5.91 Å². The minimum atomic E-state index is -0.435. The van der Waals surface area contributed by atoms with Gasteiger partial charge in [0.25, 0.3) is 0 Å². The fourth-order valence-corrected chi connectivity index (χ4v) is 2.15. The van der Waals surface area contributed by atoms with Crippen molar-refractivity contribution in [3.63, 3.8) is 0 Å². The second-order valence-electron chi connectivity index (χ2n) is 5.70. The summed E-state index contributed by atoms with van der Waals surface area (Å²) >= 11 is 1.70. The predicted octanol–water partition coefficient (Wildman–Crippen LogP) is 3.00. The Morgan fingerprint density at radius 2 is 1.89 bits per heavy atom. The first-order valence-corrected chi connectivity index (χ1v) is 7.90. The van der Waals surface area contributed by atoms with Crippen LogP contribution in [0, 0.1) is 0 Å². The van der Waals surface area contributed by atoms with Crippen LogP contribution in [0.15, 0.2) is 24.3 Å². The molecule has 4 heteroatoms. The van der Waals surface area contributed by atoms with Gasteiger partial charge in [-0.3, -0.25) is 4.79 Å². The summed E-state index contributed by atoms with van der Waals surface area (Å²) in [6.45, 7) is 6.50. The number of carbonyl (C=O) groups excluding carboxylic acids is 1. The molecule has 0 heterocycles. The maximum atomic E-state index is 11.9. The molecule has 1 atom stereocenters. The second kappa shape index (κ2) is 6.96. The largest absolute Gasteiger partial charge is 0.325 e. The van der Waals surface area contributed by atoms with Crippen molar-refractivity contribution in [3.05, 3.63) is 29.8 Å². The third kappa shape index (κ3) is 5.25. The molecule has 3 nitrogen and oxygen atoms in total. The van der Waals surface area contributed by atoms with Crippen LogP contribution in [0.25, 0.3) is 0 Å². The Balaban J connectivity index is 2.60. The molecule has 3 N–H and O–H groups in total. The minimum absolute atomic E-state index is 0.113. The van der Waals surface area contributed by atoms with E-state index in [0.29, 0.717) is 6.42 Å². The van der Waals surface area contributed by atoms with Crippen molar-refractivity contribution in [1.82, 2.24) is 0 Å². The molecule has 106 valence electrons. The summed E-state index contributed by atoms with van der Waals surface area (Å²) in [4.78, 5) is 11.9. The molecular formula is C15H24N2OS. The van der Waals surface area contributed by atoms with E-state index in [1.807, 2.05) is 30.5 Å². The van der Waals surface area contributed by atoms with E-state index in [1.54, 1.807) is 11.8 Å². The molecule has 0 aliphatic carbocycles. The summed E-state index contributed by atoms with van der Waals surface area (Å²) < 4.78 is 0. The molecular weight excluding hydrogens is 256 g/mol. The van der Waals surface area contributed by atoms with Gasteiger partial charge in [-0.1, -0.05) is 32.9 Å².